The minimum absolute atomic E-state index is 0.0478. The fraction of sp³-hybridized carbons (Fsp3) is 0.314. The third-order valence-corrected chi connectivity index (χ3v) is 15.3. The van der Waals surface area contributed by atoms with Crippen molar-refractivity contribution >= 4 is 39.9 Å². The Labute approximate surface area is 309 Å². The molecule has 6 N–H and O–H groups in total. The van der Waals surface area contributed by atoms with Crippen LogP contribution >= 0.6 is 0 Å². The third kappa shape index (κ3) is 9.09. The normalized spacial score (nSPS) is 14.3. The standard InChI is InChI=1S/C35H40N2O12S4/c36-15-11-28(50(38,39)26-7-3-1-4-8-26)13-17-48-32-20-24-19-25-21-33(35(53(45,46)47)23-31(25)30(24)22-34(32)52(42,43)44)49-18-14-29(12-16-37)51(40,41)27-9-5-2-6-10-27/h1-10,20-23,28-29H,11-19,36-37H2,(H,42,43,44)(H,45,46,47). The van der Waals surface area contributed by atoms with Gasteiger partial charge in [-0.1, -0.05) is 36.4 Å². The second-order valence-electron chi connectivity index (χ2n) is 12.4. The monoisotopic (exact) mass is 808 g/mol. The number of ether oxygens (including phenoxy) is 2. The summed E-state index contributed by atoms with van der Waals surface area (Å²) in [5.41, 5.74) is 12.8. The van der Waals surface area contributed by atoms with Gasteiger partial charge in [0.05, 0.1) is 33.5 Å². The van der Waals surface area contributed by atoms with Crippen molar-refractivity contribution in [3.63, 3.8) is 0 Å². The highest BCUT2D eigenvalue weighted by atomic mass is 32.2. The van der Waals surface area contributed by atoms with Crippen LogP contribution in [0.5, 0.6) is 11.5 Å². The molecular formula is C35H40N2O12S4. The maximum Gasteiger partial charge on any atom is 0.298 e. The zero-order chi connectivity index (χ0) is 38.6. The summed E-state index contributed by atoms with van der Waals surface area (Å²) in [7, 11) is -17.4. The van der Waals surface area contributed by atoms with E-state index in [0.717, 1.165) is 12.1 Å². The first kappa shape index (κ1) is 40.3. The molecule has 0 fully saturated rings. The molecule has 0 saturated carbocycles. The predicted octanol–water partition coefficient (Wildman–Crippen LogP) is 3.67. The molecule has 2 atom stereocenters. The third-order valence-electron chi connectivity index (χ3n) is 8.96. The van der Waals surface area contributed by atoms with E-state index in [-0.39, 0.29) is 90.8 Å². The van der Waals surface area contributed by atoms with Crippen molar-refractivity contribution in [2.75, 3.05) is 26.3 Å². The van der Waals surface area contributed by atoms with Gasteiger partial charge in [0, 0.05) is 0 Å². The topological polar surface area (TPSA) is 248 Å². The van der Waals surface area contributed by atoms with Crippen LogP contribution in [0.25, 0.3) is 11.1 Å². The number of benzene rings is 4. The highest BCUT2D eigenvalue weighted by molar-refractivity contribution is 7.92. The molecule has 0 amide bonds. The average Bonchev–Trinajstić information content (AvgIpc) is 3.46. The number of nitrogens with two attached hydrogens (primary N) is 2. The van der Waals surface area contributed by atoms with E-state index in [1.807, 2.05) is 0 Å². The van der Waals surface area contributed by atoms with Gasteiger partial charge >= 0.3 is 0 Å². The molecule has 14 nitrogen and oxygen atoms in total. The number of hydrogen-bond donors (Lipinski definition) is 4. The summed E-state index contributed by atoms with van der Waals surface area (Å²) in [6.45, 7) is -0.354. The van der Waals surface area contributed by atoms with Crippen molar-refractivity contribution in [3.05, 3.63) is 96.1 Å². The fourth-order valence-corrected chi connectivity index (χ4v) is 11.1. The van der Waals surface area contributed by atoms with E-state index >= 15 is 0 Å². The van der Waals surface area contributed by atoms with Crippen LogP contribution in [-0.4, -0.2) is 79.6 Å². The van der Waals surface area contributed by atoms with Crippen molar-refractivity contribution in [2.45, 2.75) is 62.2 Å². The van der Waals surface area contributed by atoms with E-state index in [1.54, 1.807) is 36.4 Å². The van der Waals surface area contributed by atoms with Crippen molar-refractivity contribution < 1.29 is 52.3 Å². The Morgan fingerprint density at radius 2 is 0.906 bits per heavy atom. The van der Waals surface area contributed by atoms with Gasteiger partial charge in [0.15, 0.2) is 19.7 Å². The molecule has 0 bridgehead atoms. The molecule has 0 heterocycles. The summed E-state index contributed by atoms with van der Waals surface area (Å²) in [6.07, 6.45) is 0.261. The minimum Gasteiger partial charge on any atom is -0.492 e. The lowest BCUT2D eigenvalue weighted by molar-refractivity contribution is 0.296. The molecule has 5 rings (SSSR count). The number of fused-ring (bicyclic) bond motifs is 3. The Morgan fingerprint density at radius 3 is 1.23 bits per heavy atom. The van der Waals surface area contributed by atoms with E-state index in [0.29, 0.717) is 11.1 Å². The van der Waals surface area contributed by atoms with Gasteiger partial charge in [-0.3, -0.25) is 9.11 Å². The zero-order valence-electron chi connectivity index (χ0n) is 28.4. The van der Waals surface area contributed by atoms with Gasteiger partial charge in [0.2, 0.25) is 0 Å². The molecule has 0 aromatic heterocycles. The Hall–Kier alpha value is -3.88. The fourth-order valence-electron chi connectivity index (χ4n) is 6.32. The van der Waals surface area contributed by atoms with Crippen LogP contribution in [0.15, 0.2) is 105 Å². The highest BCUT2D eigenvalue weighted by Gasteiger charge is 2.32. The van der Waals surface area contributed by atoms with Crippen LogP contribution in [-0.2, 0) is 46.3 Å². The van der Waals surface area contributed by atoms with Gasteiger partial charge in [0.25, 0.3) is 20.2 Å². The van der Waals surface area contributed by atoms with Crippen LogP contribution in [0.2, 0.25) is 0 Å². The van der Waals surface area contributed by atoms with Crippen molar-refractivity contribution in [3.8, 4) is 22.6 Å². The Bertz CT molecular complexity index is 2220. The van der Waals surface area contributed by atoms with Gasteiger partial charge in [-0.15, -0.1) is 0 Å². The zero-order valence-corrected chi connectivity index (χ0v) is 31.6. The lowest BCUT2D eigenvalue weighted by Gasteiger charge is -2.19. The van der Waals surface area contributed by atoms with Crippen molar-refractivity contribution in [2.24, 2.45) is 11.5 Å². The van der Waals surface area contributed by atoms with Gasteiger partial charge in [-0.2, -0.15) is 16.8 Å². The summed E-state index contributed by atoms with van der Waals surface area (Å²) >= 11 is 0. The van der Waals surface area contributed by atoms with Crippen molar-refractivity contribution in [1.29, 1.82) is 0 Å². The first-order valence-electron chi connectivity index (χ1n) is 16.5. The maximum atomic E-state index is 13.3. The lowest BCUT2D eigenvalue weighted by atomic mass is 10.1. The summed E-state index contributed by atoms with van der Waals surface area (Å²) in [5.74, 6) is -0.501. The van der Waals surface area contributed by atoms with Gasteiger partial charge in [-0.05, 0) is 116 Å². The van der Waals surface area contributed by atoms with Crippen LogP contribution in [0.3, 0.4) is 0 Å². The number of hydrogen-bond acceptors (Lipinski definition) is 12. The van der Waals surface area contributed by atoms with Crippen LogP contribution in [0.1, 0.15) is 36.8 Å². The van der Waals surface area contributed by atoms with E-state index in [4.69, 9.17) is 20.9 Å². The van der Waals surface area contributed by atoms with E-state index < -0.39 is 60.2 Å². The van der Waals surface area contributed by atoms with Gasteiger partial charge in [-0.25, -0.2) is 16.8 Å². The Balaban J connectivity index is 1.40. The van der Waals surface area contributed by atoms with Crippen LogP contribution in [0.4, 0.5) is 0 Å². The van der Waals surface area contributed by atoms with E-state index in [1.165, 1.54) is 36.4 Å². The summed E-state index contributed by atoms with van der Waals surface area (Å²) < 4.78 is 135. The van der Waals surface area contributed by atoms with E-state index in [2.05, 4.69) is 0 Å². The molecule has 0 radical (unpaired) electrons. The molecule has 2 unspecified atom stereocenters. The molecule has 0 aliphatic heterocycles. The Morgan fingerprint density at radius 1 is 0.547 bits per heavy atom. The molecule has 53 heavy (non-hydrogen) atoms. The Kier molecular flexibility index (Phi) is 12.3. The maximum absolute atomic E-state index is 13.3. The number of rotatable bonds is 18. The lowest BCUT2D eigenvalue weighted by Crippen LogP contribution is -2.27. The molecule has 286 valence electrons. The van der Waals surface area contributed by atoms with Crippen molar-refractivity contribution in [1.82, 2.24) is 0 Å². The summed E-state index contributed by atoms with van der Waals surface area (Å²) in [6, 6.07) is 20.6. The first-order valence-corrected chi connectivity index (χ1v) is 22.5. The molecule has 4 aromatic carbocycles. The molecule has 1 aliphatic carbocycles. The molecular weight excluding hydrogens is 769 g/mol. The SMILES string of the molecule is NCCC(CCOc1cc2c(cc1S(=O)(=O)O)-c1cc(S(=O)(=O)O)c(OCCC(CCN)S(=O)(=O)c3ccccc3)cc1C2)S(=O)(=O)c1ccccc1. The highest BCUT2D eigenvalue weighted by Crippen LogP contribution is 2.45. The quantitative estimate of drug-likeness (QED) is 0.0923. The molecule has 18 heteroatoms. The molecule has 4 aromatic rings. The second kappa shape index (κ2) is 16.2. The van der Waals surface area contributed by atoms with Gasteiger partial charge < -0.3 is 20.9 Å². The van der Waals surface area contributed by atoms with E-state index in [9.17, 15) is 42.8 Å². The van der Waals surface area contributed by atoms with Gasteiger partial charge in [0.1, 0.15) is 21.3 Å². The smallest absolute Gasteiger partial charge is 0.298 e. The summed E-state index contributed by atoms with van der Waals surface area (Å²) in [4.78, 5) is -1.06. The largest absolute Gasteiger partial charge is 0.492 e. The molecule has 0 spiro atoms. The summed E-state index contributed by atoms with van der Waals surface area (Å²) in [5, 5.41) is -1.88. The molecule has 0 saturated heterocycles. The molecule has 1 aliphatic rings. The number of sulfone groups is 2. The van der Waals surface area contributed by atoms with Crippen LogP contribution < -0.4 is 20.9 Å². The predicted molar refractivity (Wildman–Crippen MR) is 197 cm³/mol. The second-order valence-corrected chi connectivity index (χ2v) is 19.7. The first-order chi connectivity index (χ1) is 25.0. The average molecular weight is 809 g/mol. The van der Waals surface area contributed by atoms with Crippen LogP contribution in [0, 0.1) is 0 Å². The minimum atomic E-state index is -4.91.